The Morgan fingerprint density at radius 3 is 2.50 bits per heavy atom. The molecule has 2 N–H and O–H groups in total. The lowest BCUT2D eigenvalue weighted by molar-refractivity contribution is -0.113. The van der Waals surface area contributed by atoms with Crippen LogP contribution in [0.15, 0.2) is 74.8 Å². The Bertz CT molecular complexity index is 1540. The molecule has 1 saturated heterocycles. The van der Waals surface area contributed by atoms with Gasteiger partial charge in [0.25, 0.3) is 5.56 Å². The van der Waals surface area contributed by atoms with E-state index in [0.717, 1.165) is 42.2 Å². The molecule has 5 rings (SSSR count). The van der Waals surface area contributed by atoms with Gasteiger partial charge in [-0.25, -0.2) is 13.4 Å². The van der Waals surface area contributed by atoms with Gasteiger partial charge in [-0.05, 0) is 42.7 Å². The highest BCUT2D eigenvalue weighted by molar-refractivity contribution is 7.99. The number of carbonyl (C=O) groups excluding carboxylic acids is 1. The number of hydrogen-bond donors (Lipinski definition) is 2. The average molecular weight is 541 g/mol. The molecule has 0 saturated carbocycles. The second kappa shape index (κ2) is 10.6. The quantitative estimate of drug-likeness (QED) is 0.263. The van der Waals surface area contributed by atoms with E-state index in [1.807, 2.05) is 35.7 Å². The van der Waals surface area contributed by atoms with Gasteiger partial charge < -0.3 is 10.3 Å². The summed E-state index contributed by atoms with van der Waals surface area (Å²) in [5.41, 5.74) is 2.05. The van der Waals surface area contributed by atoms with Crippen molar-refractivity contribution in [2.24, 2.45) is 0 Å². The number of anilines is 1. The number of amides is 1. The molecule has 0 atom stereocenters. The van der Waals surface area contributed by atoms with Gasteiger partial charge in [-0.15, -0.1) is 11.3 Å². The highest BCUT2D eigenvalue weighted by Crippen LogP contribution is 2.31. The summed E-state index contributed by atoms with van der Waals surface area (Å²) in [5.74, 6) is -0.246. The number of thioether (sulfide) groups is 1. The molecule has 186 valence electrons. The SMILES string of the molecule is O=C(CSc1nc2scc(-c3ccccc3)c2c(=O)[nH]1)Nc1ccc(S(=O)(=O)N2CCCCC2)cc1. The van der Waals surface area contributed by atoms with Crippen molar-refractivity contribution in [3.05, 3.63) is 70.3 Å². The maximum absolute atomic E-state index is 12.8. The number of piperidine rings is 1. The Morgan fingerprint density at radius 1 is 1.06 bits per heavy atom. The molecule has 11 heteroatoms. The zero-order valence-corrected chi connectivity index (χ0v) is 21.7. The summed E-state index contributed by atoms with van der Waals surface area (Å²) in [6.07, 6.45) is 2.80. The van der Waals surface area contributed by atoms with Crippen LogP contribution in [-0.4, -0.2) is 47.4 Å². The van der Waals surface area contributed by atoms with E-state index < -0.39 is 10.0 Å². The Hall–Kier alpha value is -2.99. The van der Waals surface area contributed by atoms with Gasteiger partial charge in [-0.3, -0.25) is 9.59 Å². The summed E-state index contributed by atoms with van der Waals surface area (Å²) in [6.45, 7) is 1.08. The number of aromatic nitrogens is 2. The van der Waals surface area contributed by atoms with Crippen molar-refractivity contribution in [1.29, 1.82) is 0 Å². The smallest absolute Gasteiger partial charge is 0.260 e. The number of carbonyl (C=O) groups is 1. The molecule has 1 aliphatic rings. The normalized spacial score (nSPS) is 14.7. The minimum atomic E-state index is -3.52. The molecular weight excluding hydrogens is 517 g/mol. The zero-order valence-electron chi connectivity index (χ0n) is 19.3. The van der Waals surface area contributed by atoms with Crippen LogP contribution in [0.3, 0.4) is 0 Å². The molecule has 2 aromatic carbocycles. The molecule has 1 amide bonds. The van der Waals surface area contributed by atoms with Gasteiger partial charge in [0.1, 0.15) is 4.83 Å². The van der Waals surface area contributed by atoms with Crippen molar-refractivity contribution < 1.29 is 13.2 Å². The molecule has 8 nitrogen and oxygen atoms in total. The van der Waals surface area contributed by atoms with Gasteiger partial charge in [0.15, 0.2) is 5.16 Å². The first-order chi connectivity index (χ1) is 17.4. The molecule has 0 radical (unpaired) electrons. The van der Waals surface area contributed by atoms with Crippen LogP contribution >= 0.6 is 23.1 Å². The first kappa shape index (κ1) is 24.7. The number of sulfonamides is 1. The van der Waals surface area contributed by atoms with E-state index in [1.54, 1.807) is 12.1 Å². The third-order valence-corrected chi connectivity index (χ3v) is 9.60. The Labute approximate surface area is 216 Å². The van der Waals surface area contributed by atoms with Gasteiger partial charge >= 0.3 is 0 Å². The van der Waals surface area contributed by atoms with Crippen LogP contribution in [0, 0.1) is 0 Å². The van der Waals surface area contributed by atoms with Crippen molar-refractivity contribution >= 4 is 54.9 Å². The molecule has 4 aromatic rings. The maximum atomic E-state index is 12.8. The van der Waals surface area contributed by atoms with E-state index in [4.69, 9.17) is 0 Å². The van der Waals surface area contributed by atoms with Crippen LogP contribution in [0.1, 0.15) is 19.3 Å². The van der Waals surface area contributed by atoms with E-state index >= 15 is 0 Å². The summed E-state index contributed by atoms with van der Waals surface area (Å²) < 4.78 is 27.1. The number of fused-ring (bicyclic) bond motifs is 1. The largest absolute Gasteiger partial charge is 0.325 e. The van der Waals surface area contributed by atoms with Gasteiger partial charge in [0.2, 0.25) is 15.9 Å². The van der Waals surface area contributed by atoms with Gasteiger partial charge in [0, 0.05) is 29.7 Å². The fourth-order valence-corrected chi connectivity index (χ4v) is 7.31. The summed E-state index contributed by atoms with van der Waals surface area (Å²) in [4.78, 5) is 33.4. The molecule has 0 bridgehead atoms. The molecule has 2 aromatic heterocycles. The molecular formula is C25H24N4O4S3. The number of H-pyrrole nitrogens is 1. The van der Waals surface area contributed by atoms with Gasteiger partial charge in [-0.1, -0.05) is 48.5 Å². The predicted octanol–water partition coefficient (Wildman–Crippen LogP) is 4.56. The van der Waals surface area contributed by atoms with Crippen LogP contribution in [0.5, 0.6) is 0 Å². The first-order valence-corrected chi connectivity index (χ1v) is 14.8. The standard InChI is InChI=1S/C25H24N4O4S3/c30-21(26-18-9-11-19(12-10-18)36(32,33)29-13-5-2-6-14-29)16-35-25-27-23(31)22-20(15-34-24(22)28-25)17-7-3-1-4-8-17/h1,3-4,7-12,15H,2,5-6,13-14,16H2,(H,26,30)(H,27,28,31). The monoisotopic (exact) mass is 540 g/mol. The van der Waals surface area contributed by atoms with Crippen molar-refractivity contribution in [2.45, 2.75) is 29.3 Å². The molecule has 0 aliphatic carbocycles. The van der Waals surface area contributed by atoms with Crippen LogP contribution in [0.25, 0.3) is 21.3 Å². The summed E-state index contributed by atoms with van der Waals surface area (Å²) in [6, 6.07) is 15.9. The lowest BCUT2D eigenvalue weighted by atomic mass is 10.1. The average Bonchev–Trinajstić information content (AvgIpc) is 3.34. The lowest BCUT2D eigenvalue weighted by Gasteiger charge is -2.25. The van der Waals surface area contributed by atoms with Crippen molar-refractivity contribution in [1.82, 2.24) is 14.3 Å². The van der Waals surface area contributed by atoms with E-state index in [-0.39, 0.29) is 22.1 Å². The first-order valence-electron chi connectivity index (χ1n) is 11.5. The molecule has 0 unspecified atom stereocenters. The van der Waals surface area contributed by atoms with Crippen molar-refractivity contribution in [3.63, 3.8) is 0 Å². The lowest BCUT2D eigenvalue weighted by Crippen LogP contribution is -2.35. The third kappa shape index (κ3) is 5.24. The fourth-order valence-electron chi connectivity index (χ4n) is 4.12. The molecule has 36 heavy (non-hydrogen) atoms. The summed E-state index contributed by atoms with van der Waals surface area (Å²) >= 11 is 2.52. The van der Waals surface area contributed by atoms with Crippen LogP contribution in [0.4, 0.5) is 5.69 Å². The Kier molecular flexibility index (Phi) is 7.24. The summed E-state index contributed by atoms with van der Waals surface area (Å²) in [5, 5.41) is 5.59. The molecule has 1 aliphatic heterocycles. The third-order valence-electron chi connectivity index (χ3n) is 5.94. The van der Waals surface area contributed by atoms with E-state index in [1.165, 1.54) is 27.8 Å². The second-order valence-electron chi connectivity index (χ2n) is 8.39. The van der Waals surface area contributed by atoms with Crippen LogP contribution in [-0.2, 0) is 14.8 Å². The number of rotatable bonds is 7. The van der Waals surface area contributed by atoms with E-state index in [0.29, 0.717) is 34.1 Å². The second-order valence-corrected chi connectivity index (χ2v) is 12.2. The minimum Gasteiger partial charge on any atom is -0.325 e. The molecule has 1 fully saturated rings. The fraction of sp³-hybridized carbons (Fsp3) is 0.240. The van der Waals surface area contributed by atoms with E-state index in [2.05, 4.69) is 15.3 Å². The number of hydrogen-bond acceptors (Lipinski definition) is 7. The summed E-state index contributed by atoms with van der Waals surface area (Å²) in [7, 11) is -3.52. The Morgan fingerprint density at radius 2 is 1.78 bits per heavy atom. The highest BCUT2D eigenvalue weighted by atomic mass is 32.2. The number of nitrogens with one attached hydrogen (secondary N) is 2. The Balaban J connectivity index is 1.22. The van der Waals surface area contributed by atoms with Crippen LogP contribution < -0.4 is 10.9 Å². The molecule has 0 spiro atoms. The molecule has 3 heterocycles. The topological polar surface area (TPSA) is 112 Å². The van der Waals surface area contributed by atoms with Crippen LogP contribution in [0.2, 0.25) is 0 Å². The van der Waals surface area contributed by atoms with Gasteiger partial charge in [-0.2, -0.15) is 4.31 Å². The minimum absolute atomic E-state index is 0.0409. The zero-order chi connectivity index (χ0) is 25.1. The maximum Gasteiger partial charge on any atom is 0.260 e. The van der Waals surface area contributed by atoms with Gasteiger partial charge in [0.05, 0.1) is 16.0 Å². The number of thiophene rings is 1. The number of nitrogens with zero attached hydrogens (tertiary/aromatic N) is 2. The predicted molar refractivity (Wildman–Crippen MR) is 144 cm³/mol. The number of benzene rings is 2. The van der Waals surface area contributed by atoms with Crippen molar-refractivity contribution in [3.8, 4) is 11.1 Å². The highest BCUT2D eigenvalue weighted by Gasteiger charge is 2.25. The van der Waals surface area contributed by atoms with E-state index in [9.17, 15) is 18.0 Å². The number of aromatic amines is 1. The van der Waals surface area contributed by atoms with Crippen molar-refractivity contribution in [2.75, 3.05) is 24.2 Å².